The number of benzene rings is 1. The van der Waals surface area contributed by atoms with E-state index < -0.39 is 0 Å². The molecule has 24 heavy (non-hydrogen) atoms. The molecule has 1 saturated heterocycles. The van der Waals surface area contributed by atoms with Gasteiger partial charge in [-0.25, -0.2) is 0 Å². The van der Waals surface area contributed by atoms with Crippen LogP contribution in [0.2, 0.25) is 10.0 Å². The predicted molar refractivity (Wildman–Crippen MR) is 91.8 cm³/mol. The summed E-state index contributed by atoms with van der Waals surface area (Å²) in [7, 11) is 1.67. The Morgan fingerprint density at radius 3 is 3.04 bits per heavy atom. The van der Waals surface area contributed by atoms with E-state index in [0.29, 0.717) is 40.4 Å². The Morgan fingerprint density at radius 2 is 2.29 bits per heavy atom. The molecule has 0 spiro atoms. The molecule has 2 aromatic rings. The lowest BCUT2D eigenvalue weighted by Crippen LogP contribution is -2.41. The molecule has 128 valence electrons. The zero-order valence-corrected chi connectivity index (χ0v) is 14.8. The normalized spacial score (nSPS) is 18.5. The van der Waals surface area contributed by atoms with Gasteiger partial charge in [0.1, 0.15) is 0 Å². The maximum absolute atomic E-state index is 11.8. The number of rotatable bonds is 4. The van der Waals surface area contributed by atoms with Crippen LogP contribution in [0.25, 0.3) is 11.4 Å². The number of halogens is 2. The van der Waals surface area contributed by atoms with Gasteiger partial charge < -0.3 is 9.84 Å². The Balaban J connectivity index is 1.69. The number of nitrogens with one attached hydrogen (secondary N) is 1. The highest BCUT2D eigenvalue weighted by Crippen LogP contribution is 2.28. The molecular weight excluding hydrogens is 351 g/mol. The predicted octanol–water partition coefficient (Wildman–Crippen LogP) is 3.00. The maximum atomic E-state index is 11.8. The third-order valence-corrected chi connectivity index (χ3v) is 4.67. The number of amides is 1. The average molecular weight is 369 g/mol. The molecule has 1 amide bonds. The number of carbonyl (C=O) groups excluding carboxylic acids is 1. The monoisotopic (exact) mass is 368 g/mol. The number of hydrogen-bond acceptors (Lipinski definition) is 5. The minimum Gasteiger partial charge on any atom is -0.359 e. The van der Waals surface area contributed by atoms with Crippen molar-refractivity contribution >= 4 is 29.1 Å². The van der Waals surface area contributed by atoms with Crippen LogP contribution in [0.4, 0.5) is 0 Å². The topological polar surface area (TPSA) is 71.3 Å². The highest BCUT2D eigenvalue weighted by atomic mass is 35.5. The summed E-state index contributed by atoms with van der Waals surface area (Å²) >= 11 is 12.1. The van der Waals surface area contributed by atoms with Crippen molar-refractivity contribution in [2.24, 2.45) is 5.92 Å². The fraction of sp³-hybridized carbons (Fsp3) is 0.438. The molecule has 3 rings (SSSR count). The van der Waals surface area contributed by atoms with Gasteiger partial charge in [-0.3, -0.25) is 9.69 Å². The Hall–Kier alpha value is -1.63. The second-order valence-electron chi connectivity index (χ2n) is 5.82. The van der Waals surface area contributed by atoms with Crippen molar-refractivity contribution in [1.29, 1.82) is 0 Å². The second kappa shape index (κ2) is 7.51. The molecule has 1 fully saturated rings. The summed E-state index contributed by atoms with van der Waals surface area (Å²) in [6, 6.07) is 5.15. The van der Waals surface area contributed by atoms with Crippen LogP contribution in [0.5, 0.6) is 0 Å². The van der Waals surface area contributed by atoms with Gasteiger partial charge in [0.15, 0.2) is 0 Å². The van der Waals surface area contributed by atoms with E-state index >= 15 is 0 Å². The largest absolute Gasteiger partial charge is 0.359 e. The van der Waals surface area contributed by atoms with E-state index in [9.17, 15) is 4.79 Å². The van der Waals surface area contributed by atoms with Gasteiger partial charge >= 0.3 is 0 Å². The number of likely N-dealkylation sites (tertiary alicyclic amines) is 1. The van der Waals surface area contributed by atoms with Crippen LogP contribution in [0.1, 0.15) is 18.7 Å². The highest BCUT2D eigenvalue weighted by molar-refractivity contribution is 6.36. The first-order chi connectivity index (χ1) is 11.6. The summed E-state index contributed by atoms with van der Waals surface area (Å²) in [6.45, 7) is 2.12. The molecule has 8 heteroatoms. The Bertz CT molecular complexity index is 735. The number of aromatic nitrogens is 2. The van der Waals surface area contributed by atoms with Crippen LogP contribution in [0.15, 0.2) is 22.7 Å². The highest BCUT2D eigenvalue weighted by Gasteiger charge is 2.26. The molecule has 1 unspecified atom stereocenters. The van der Waals surface area contributed by atoms with Gasteiger partial charge in [-0.15, -0.1) is 0 Å². The Kier molecular flexibility index (Phi) is 5.38. The van der Waals surface area contributed by atoms with Gasteiger partial charge in [-0.1, -0.05) is 28.4 Å². The Morgan fingerprint density at radius 1 is 1.46 bits per heavy atom. The molecule has 1 aromatic heterocycles. The summed E-state index contributed by atoms with van der Waals surface area (Å²) in [4.78, 5) is 18.4. The first-order valence-corrected chi connectivity index (χ1v) is 8.54. The number of carbonyl (C=O) groups is 1. The second-order valence-corrected chi connectivity index (χ2v) is 6.67. The first-order valence-electron chi connectivity index (χ1n) is 7.79. The van der Waals surface area contributed by atoms with Crippen LogP contribution < -0.4 is 5.32 Å². The maximum Gasteiger partial charge on any atom is 0.241 e. The molecule has 1 aliphatic rings. The van der Waals surface area contributed by atoms with E-state index in [1.54, 1.807) is 25.2 Å². The lowest BCUT2D eigenvalue weighted by molar-refractivity contribution is -0.126. The van der Waals surface area contributed by atoms with E-state index in [1.807, 2.05) is 0 Å². The smallest absolute Gasteiger partial charge is 0.241 e. The SMILES string of the molecule is CNC(=O)C1CCCN(Cc2nc(-c3ccc(Cl)cc3Cl)no2)C1. The number of nitrogens with zero attached hydrogens (tertiary/aromatic N) is 3. The molecule has 1 aromatic carbocycles. The van der Waals surface area contributed by atoms with Crippen molar-refractivity contribution in [3.05, 3.63) is 34.1 Å². The molecule has 1 atom stereocenters. The zero-order valence-electron chi connectivity index (χ0n) is 13.3. The summed E-state index contributed by atoms with van der Waals surface area (Å²) < 4.78 is 5.33. The fourth-order valence-corrected chi connectivity index (χ4v) is 3.40. The van der Waals surface area contributed by atoms with E-state index in [-0.39, 0.29) is 11.8 Å². The third kappa shape index (κ3) is 3.88. The van der Waals surface area contributed by atoms with Crippen molar-refractivity contribution in [3.63, 3.8) is 0 Å². The van der Waals surface area contributed by atoms with Gasteiger partial charge in [0.05, 0.1) is 17.5 Å². The zero-order chi connectivity index (χ0) is 17.1. The van der Waals surface area contributed by atoms with Gasteiger partial charge in [0.25, 0.3) is 0 Å². The van der Waals surface area contributed by atoms with Crippen LogP contribution in [-0.2, 0) is 11.3 Å². The first kappa shape index (κ1) is 17.2. The molecule has 1 N–H and O–H groups in total. The van der Waals surface area contributed by atoms with E-state index in [4.69, 9.17) is 27.7 Å². The van der Waals surface area contributed by atoms with Crippen LogP contribution in [-0.4, -0.2) is 41.1 Å². The third-order valence-electron chi connectivity index (χ3n) is 4.12. The summed E-state index contributed by atoms with van der Waals surface area (Å²) in [5.41, 5.74) is 0.679. The molecule has 0 radical (unpaired) electrons. The molecule has 0 saturated carbocycles. The van der Waals surface area contributed by atoms with Crippen LogP contribution in [0, 0.1) is 5.92 Å². The lowest BCUT2D eigenvalue weighted by Gasteiger charge is -2.30. The molecule has 6 nitrogen and oxygen atoms in total. The number of hydrogen-bond donors (Lipinski definition) is 1. The van der Waals surface area contributed by atoms with E-state index in [1.165, 1.54) is 0 Å². The lowest BCUT2D eigenvalue weighted by atomic mass is 9.97. The fourth-order valence-electron chi connectivity index (χ4n) is 2.91. The molecule has 0 bridgehead atoms. The minimum absolute atomic E-state index is 0.0110. The van der Waals surface area contributed by atoms with Crippen molar-refractivity contribution in [2.45, 2.75) is 19.4 Å². The quantitative estimate of drug-likeness (QED) is 0.897. The molecule has 2 heterocycles. The standard InChI is InChI=1S/C16H18Cl2N4O2/c1-19-16(23)10-3-2-6-22(8-10)9-14-20-15(21-24-14)12-5-4-11(17)7-13(12)18/h4-5,7,10H,2-3,6,8-9H2,1H3,(H,19,23). The molecule has 1 aliphatic heterocycles. The van der Waals surface area contributed by atoms with Gasteiger partial charge in [0, 0.05) is 24.2 Å². The van der Waals surface area contributed by atoms with Gasteiger partial charge in [-0.05, 0) is 37.6 Å². The van der Waals surface area contributed by atoms with Crippen molar-refractivity contribution in [1.82, 2.24) is 20.4 Å². The van der Waals surface area contributed by atoms with Gasteiger partial charge in [-0.2, -0.15) is 4.98 Å². The number of piperidine rings is 1. The van der Waals surface area contributed by atoms with Crippen molar-refractivity contribution < 1.29 is 9.32 Å². The van der Waals surface area contributed by atoms with E-state index in [2.05, 4.69) is 20.4 Å². The summed E-state index contributed by atoms with van der Waals surface area (Å²) in [6.07, 6.45) is 1.88. The van der Waals surface area contributed by atoms with Crippen LogP contribution >= 0.6 is 23.2 Å². The minimum atomic E-state index is 0.0110. The summed E-state index contributed by atoms with van der Waals surface area (Å²) in [5.74, 6) is 1.04. The van der Waals surface area contributed by atoms with Crippen LogP contribution in [0.3, 0.4) is 0 Å². The van der Waals surface area contributed by atoms with Gasteiger partial charge in [0.2, 0.25) is 17.6 Å². The summed E-state index contributed by atoms with van der Waals surface area (Å²) in [5, 5.41) is 7.74. The van der Waals surface area contributed by atoms with E-state index in [0.717, 1.165) is 19.4 Å². The Labute approximate surface area is 150 Å². The molecular formula is C16H18Cl2N4O2. The molecule has 0 aliphatic carbocycles. The average Bonchev–Trinajstić information content (AvgIpc) is 3.02. The van der Waals surface area contributed by atoms with Crippen molar-refractivity contribution in [2.75, 3.05) is 20.1 Å². The van der Waals surface area contributed by atoms with Crippen molar-refractivity contribution in [3.8, 4) is 11.4 Å².